The Morgan fingerprint density at radius 1 is 1.50 bits per heavy atom. The van der Waals surface area contributed by atoms with E-state index in [1.54, 1.807) is 19.4 Å². The first-order valence-corrected chi connectivity index (χ1v) is 5.79. The molecule has 7 nitrogen and oxygen atoms in total. The normalized spacial score (nSPS) is 10.7. The third kappa shape index (κ3) is 2.94. The number of benzene rings is 1. The Balaban J connectivity index is 2.12. The lowest BCUT2D eigenvalue weighted by Gasteiger charge is -2.03. The van der Waals surface area contributed by atoms with Gasteiger partial charge in [-0.15, -0.1) is 0 Å². The van der Waals surface area contributed by atoms with Crippen molar-refractivity contribution in [2.75, 3.05) is 12.4 Å². The summed E-state index contributed by atoms with van der Waals surface area (Å²) in [4.78, 5) is 10.3. The Morgan fingerprint density at radius 2 is 2.30 bits per heavy atom. The zero-order valence-electron chi connectivity index (χ0n) is 11.0. The molecule has 7 heteroatoms. The Labute approximate surface area is 115 Å². The molecule has 0 fully saturated rings. The monoisotopic (exact) mass is 275 g/mol. The molecule has 0 amide bonds. The number of hydrogen-bond donors (Lipinski definition) is 1. The highest BCUT2D eigenvalue weighted by atomic mass is 16.6. The van der Waals surface area contributed by atoms with Gasteiger partial charge in [0.25, 0.3) is 0 Å². The third-order valence-corrected chi connectivity index (χ3v) is 2.59. The van der Waals surface area contributed by atoms with Crippen LogP contribution in [0.2, 0.25) is 0 Å². The summed E-state index contributed by atoms with van der Waals surface area (Å²) in [5.41, 5.74) is 0.907. The van der Waals surface area contributed by atoms with Gasteiger partial charge in [-0.25, -0.2) is 0 Å². The molecule has 0 aliphatic rings. The highest BCUT2D eigenvalue weighted by Gasteiger charge is 2.21. The first kappa shape index (κ1) is 13.6. The topological polar surface area (TPSA) is 90.4 Å². The van der Waals surface area contributed by atoms with Gasteiger partial charge in [0.1, 0.15) is 5.75 Å². The second-order valence-electron chi connectivity index (χ2n) is 3.95. The lowest BCUT2D eigenvalue weighted by molar-refractivity contribution is -0.386. The van der Waals surface area contributed by atoms with Crippen molar-refractivity contribution < 1.29 is 14.2 Å². The number of nitrogens with one attached hydrogen (secondary N) is 1. The Kier molecular flexibility index (Phi) is 3.99. The quantitative estimate of drug-likeness (QED) is 0.666. The van der Waals surface area contributed by atoms with Gasteiger partial charge in [0, 0.05) is 24.0 Å². The van der Waals surface area contributed by atoms with Gasteiger partial charge in [-0.05, 0) is 19.1 Å². The Hall–Kier alpha value is -2.83. The average Bonchev–Trinajstić information content (AvgIpc) is 2.80. The molecular formula is C13H13N3O4. The number of methoxy groups -OCH3 is 1. The molecule has 0 aliphatic heterocycles. The molecule has 2 aromatic rings. The zero-order chi connectivity index (χ0) is 14.5. The van der Waals surface area contributed by atoms with Crippen molar-refractivity contribution in [1.82, 2.24) is 5.16 Å². The molecule has 0 unspecified atom stereocenters. The minimum atomic E-state index is -0.517. The number of rotatable bonds is 5. The van der Waals surface area contributed by atoms with Crippen molar-refractivity contribution in [3.8, 4) is 5.75 Å². The van der Waals surface area contributed by atoms with E-state index in [9.17, 15) is 10.1 Å². The van der Waals surface area contributed by atoms with Crippen LogP contribution >= 0.6 is 0 Å². The third-order valence-electron chi connectivity index (χ3n) is 2.59. The smallest absolute Gasteiger partial charge is 0.338 e. The fourth-order valence-corrected chi connectivity index (χ4v) is 1.64. The molecule has 1 heterocycles. The van der Waals surface area contributed by atoms with Gasteiger partial charge in [0.15, 0.2) is 5.69 Å². The van der Waals surface area contributed by atoms with Crippen LogP contribution in [0.25, 0.3) is 6.08 Å². The van der Waals surface area contributed by atoms with Gasteiger partial charge in [0.05, 0.1) is 12.0 Å². The zero-order valence-corrected chi connectivity index (χ0v) is 11.0. The minimum Gasteiger partial charge on any atom is -0.497 e. The Morgan fingerprint density at radius 3 is 3.00 bits per heavy atom. The molecule has 2 rings (SSSR count). The van der Waals surface area contributed by atoms with Gasteiger partial charge in [-0.2, -0.15) is 0 Å². The molecule has 0 aliphatic carbocycles. The predicted octanol–water partition coefficient (Wildman–Crippen LogP) is 2.98. The van der Waals surface area contributed by atoms with Crippen LogP contribution in [0.15, 0.2) is 35.0 Å². The molecule has 1 N–H and O–H groups in total. The standard InChI is InChI=1S/C13H13N3O4/c1-9-13(16(17)18)12(20-15-9)6-7-14-10-4-3-5-11(8-10)19-2/h3-8,14H,1-2H3. The fraction of sp³-hybridized carbons (Fsp3) is 0.154. The SMILES string of the molecule is COc1cccc(NC=Cc2onc(C)c2[N+](=O)[O-])c1. The fourth-order valence-electron chi connectivity index (χ4n) is 1.64. The number of hydrogen-bond acceptors (Lipinski definition) is 6. The second-order valence-corrected chi connectivity index (χ2v) is 3.95. The van der Waals surface area contributed by atoms with Gasteiger partial charge in [0.2, 0.25) is 5.76 Å². The van der Waals surface area contributed by atoms with Crippen LogP contribution in [-0.4, -0.2) is 17.2 Å². The van der Waals surface area contributed by atoms with E-state index in [4.69, 9.17) is 9.26 Å². The van der Waals surface area contributed by atoms with E-state index >= 15 is 0 Å². The van der Waals surface area contributed by atoms with Gasteiger partial charge in [-0.1, -0.05) is 11.2 Å². The van der Waals surface area contributed by atoms with Crippen molar-refractivity contribution in [2.45, 2.75) is 6.92 Å². The van der Waals surface area contributed by atoms with Crippen LogP contribution in [0.3, 0.4) is 0 Å². The van der Waals surface area contributed by atoms with E-state index in [0.29, 0.717) is 5.75 Å². The van der Waals surface area contributed by atoms with Gasteiger partial charge >= 0.3 is 5.69 Å². The number of nitrogens with zero attached hydrogens (tertiary/aromatic N) is 2. The predicted molar refractivity (Wildman–Crippen MR) is 73.5 cm³/mol. The van der Waals surface area contributed by atoms with E-state index in [2.05, 4.69) is 10.5 Å². The second kappa shape index (κ2) is 5.87. The summed E-state index contributed by atoms with van der Waals surface area (Å²) in [5.74, 6) is 0.813. The van der Waals surface area contributed by atoms with Crippen LogP contribution < -0.4 is 10.1 Å². The van der Waals surface area contributed by atoms with Crippen LogP contribution in [0.4, 0.5) is 11.4 Å². The summed E-state index contributed by atoms with van der Waals surface area (Å²) >= 11 is 0. The van der Waals surface area contributed by atoms with E-state index < -0.39 is 4.92 Å². The molecule has 20 heavy (non-hydrogen) atoms. The summed E-state index contributed by atoms with van der Waals surface area (Å²) in [6, 6.07) is 7.28. The van der Waals surface area contributed by atoms with Crippen molar-refractivity contribution in [3.63, 3.8) is 0 Å². The van der Waals surface area contributed by atoms with Gasteiger partial charge < -0.3 is 14.6 Å². The largest absolute Gasteiger partial charge is 0.497 e. The molecule has 0 bridgehead atoms. The maximum atomic E-state index is 10.9. The summed E-state index contributed by atoms with van der Waals surface area (Å²) in [5, 5.41) is 17.4. The number of ether oxygens (including phenoxy) is 1. The van der Waals surface area contributed by atoms with E-state index in [-0.39, 0.29) is 17.1 Å². The number of anilines is 1. The van der Waals surface area contributed by atoms with Crippen molar-refractivity contribution >= 4 is 17.5 Å². The average molecular weight is 275 g/mol. The molecule has 0 atom stereocenters. The molecule has 0 spiro atoms. The summed E-state index contributed by atoms with van der Waals surface area (Å²) in [7, 11) is 1.58. The van der Waals surface area contributed by atoms with E-state index in [1.807, 2.05) is 18.2 Å². The van der Waals surface area contributed by atoms with Crippen molar-refractivity contribution in [1.29, 1.82) is 0 Å². The minimum absolute atomic E-state index is 0.0999. The first-order chi connectivity index (χ1) is 9.61. The van der Waals surface area contributed by atoms with Crippen LogP contribution in [0.1, 0.15) is 11.5 Å². The Bertz CT molecular complexity index is 649. The first-order valence-electron chi connectivity index (χ1n) is 5.79. The van der Waals surface area contributed by atoms with Crippen LogP contribution in [0.5, 0.6) is 5.75 Å². The van der Waals surface area contributed by atoms with Crippen molar-refractivity contribution in [3.05, 3.63) is 52.0 Å². The molecule has 0 radical (unpaired) electrons. The molecule has 104 valence electrons. The lowest BCUT2D eigenvalue weighted by Crippen LogP contribution is -1.91. The lowest BCUT2D eigenvalue weighted by atomic mass is 10.3. The summed E-state index contributed by atoms with van der Waals surface area (Å²) in [6.45, 7) is 1.52. The summed E-state index contributed by atoms with van der Waals surface area (Å²) in [6.07, 6.45) is 3.00. The van der Waals surface area contributed by atoms with Crippen LogP contribution in [0, 0.1) is 17.0 Å². The van der Waals surface area contributed by atoms with E-state index in [0.717, 1.165) is 5.69 Å². The highest BCUT2D eigenvalue weighted by molar-refractivity contribution is 5.60. The number of aryl methyl sites for hydroxylation is 1. The molecule has 0 saturated heterocycles. The van der Waals surface area contributed by atoms with Crippen molar-refractivity contribution in [2.24, 2.45) is 0 Å². The number of nitro groups is 1. The van der Waals surface area contributed by atoms with E-state index in [1.165, 1.54) is 13.0 Å². The molecule has 1 aromatic heterocycles. The summed E-state index contributed by atoms with van der Waals surface area (Å²) < 4.78 is 9.99. The van der Waals surface area contributed by atoms with Crippen LogP contribution in [-0.2, 0) is 0 Å². The molecule has 0 saturated carbocycles. The molecule has 1 aromatic carbocycles. The molecular weight excluding hydrogens is 262 g/mol. The van der Waals surface area contributed by atoms with Gasteiger partial charge in [-0.3, -0.25) is 10.1 Å². The highest BCUT2D eigenvalue weighted by Crippen LogP contribution is 2.24. The maximum Gasteiger partial charge on any atom is 0.338 e. The maximum absolute atomic E-state index is 10.9. The number of aromatic nitrogens is 1.